The Morgan fingerprint density at radius 2 is 1.80 bits per heavy atom. The molecule has 25 heavy (non-hydrogen) atoms. The van der Waals surface area contributed by atoms with Gasteiger partial charge in [0.2, 0.25) is 5.65 Å². The van der Waals surface area contributed by atoms with Crippen LogP contribution in [0, 0.1) is 11.6 Å². The Hall–Kier alpha value is -2.56. The molecule has 0 amide bonds. The molecule has 0 aliphatic carbocycles. The smallest absolute Gasteiger partial charge is 0.351 e. The van der Waals surface area contributed by atoms with Gasteiger partial charge in [0.15, 0.2) is 17.5 Å². The van der Waals surface area contributed by atoms with E-state index in [0.717, 1.165) is 6.33 Å². The molecule has 1 saturated heterocycles. The third kappa shape index (κ3) is 2.46. The molecule has 3 aromatic rings. The molecule has 0 unspecified atom stereocenters. The van der Waals surface area contributed by atoms with E-state index in [1.54, 1.807) is 4.90 Å². The summed E-state index contributed by atoms with van der Waals surface area (Å²) in [7, 11) is 0. The summed E-state index contributed by atoms with van der Waals surface area (Å²) in [6.07, 6.45) is -3.88. The van der Waals surface area contributed by atoms with Crippen LogP contribution in [0.1, 0.15) is 5.56 Å². The lowest BCUT2D eigenvalue weighted by atomic mass is 10.1. The average molecular weight is 358 g/mol. The van der Waals surface area contributed by atoms with Crippen LogP contribution in [0.15, 0.2) is 12.4 Å². The summed E-state index contributed by atoms with van der Waals surface area (Å²) >= 11 is 0. The molecule has 1 N–H and O–H groups in total. The standard InChI is InChI=1S/C14H11F5N6/c15-9-7(14(17,18)19)5-8-11(10(9)16)22-12(13-23-21-6-25(8)13)24-3-1-20-2-4-24/h5-6,20H,1-4H2. The molecule has 0 radical (unpaired) electrons. The van der Waals surface area contributed by atoms with E-state index >= 15 is 0 Å². The summed E-state index contributed by atoms with van der Waals surface area (Å²) in [5.41, 5.74) is -2.24. The topological polar surface area (TPSA) is 58.4 Å². The summed E-state index contributed by atoms with van der Waals surface area (Å²) in [5.74, 6) is -3.35. The molecule has 4 rings (SSSR count). The minimum absolute atomic E-state index is 0.188. The fourth-order valence-electron chi connectivity index (χ4n) is 2.91. The predicted molar refractivity (Wildman–Crippen MR) is 78.3 cm³/mol. The van der Waals surface area contributed by atoms with Crippen LogP contribution in [0.5, 0.6) is 0 Å². The zero-order valence-electron chi connectivity index (χ0n) is 12.6. The van der Waals surface area contributed by atoms with Crippen molar-refractivity contribution in [1.82, 2.24) is 24.9 Å². The average Bonchev–Trinajstić information content (AvgIpc) is 3.07. The SMILES string of the molecule is Fc1c(C(F)(F)F)cc2c(nc(N3CCNCC3)c3nncn32)c1F. The number of hydrogen-bond donors (Lipinski definition) is 1. The number of hydrogen-bond acceptors (Lipinski definition) is 5. The molecular formula is C14H11F5N6. The van der Waals surface area contributed by atoms with Gasteiger partial charge in [0, 0.05) is 26.2 Å². The van der Waals surface area contributed by atoms with Gasteiger partial charge in [0.05, 0.1) is 11.1 Å². The third-order valence-corrected chi connectivity index (χ3v) is 4.11. The molecule has 3 heterocycles. The molecule has 0 spiro atoms. The highest BCUT2D eigenvalue weighted by Gasteiger charge is 2.37. The van der Waals surface area contributed by atoms with Gasteiger partial charge in [-0.25, -0.2) is 13.8 Å². The third-order valence-electron chi connectivity index (χ3n) is 4.11. The highest BCUT2D eigenvalue weighted by atomic mass is 19.4. The van der Waals surface area contributed by atoms with E-state index in [9.17, 15) is 22.0 Å². The van der Waals surface area contributed by atoms with E-state index in [1.165, 1.54) is 4.40 Å². The van der Waals surface area contributed by atoms with Crippen LogP contribution in [-0.4, -0.2) is 45.8 Å². The van der Waals surface area contributed by atoms with E-state index in [0.29, 0.717) is 32.2 Å². The number of benzene rings is 1. The second kappa shape index (κ2) is 5.48. The molecule has 0 atom stereocenters. The Balaban J connectivity index is 2.04. The number of halogens is 5. The Morgan fingerprint density at radius 1 is 1.08 bits per heavy atom. The first-order valence-corrected chi connectivity index (χ1v) is 7.42. The largest absolute Gasteiger partial charge is 0.419 e. The number of aromatic nitrogens is 4. The zero-order chi connectivity index (χ0) is 17.8. The molecule has 1 aliphatic heterocycles. The number of nitrogens with one attached hydrogen (secondary N) is 1. The van der Waals surface area contributed by atoms with Gasteiger partial charge in [-0.3, -0.25) is 4.40 Å². The number of piperazine rings is 1. The fourth-order valence-corrected chi connectivity index (χ4v) is 2.91. The van der Waals surface area contributed by atoms with Crippen LogP contribution in [0.3, 0.4) is 0 Å². The lowest BCUT2D eigenvalue weighted by molar-refractivity contribution is -0.140. The molecule has 1 aromatic carbocycles. The van der Waals surface area contributed by atoms with Crippen molar-refractivity contribution in [2.75, 3.05) is 31.1 Å². The van der Waals surface area contributed by atoms with Gasteiger partial charge < -0.3 is 10.2 Å². The first kappa shape index (κ1) is 15.9. The lowest BCUT2D eigenvalue weighted by Gasteiger charge is -2.28. The summed E-state index contributed by atoms with van der Waals surface area (Å²) in [5, 5.41) is 10.7. The zero-order valence-corrected chi connectivity index (χ0v) is 12.6. The summed E-state index contributed by atoms with van der Waals surface area (Å²) in [6.45, 7) is 2.41. The Kier molecular flexibility index (Phi) is 3.49. The van der Waals surface area contributed by atoms with E-state index in [-0.39, 0.29) is 17.0 Å². The molecule has 1 fully saturated rings. The number of nitrogens with zero attached hydrogens (tertiary/aromatic N) is 5. The first-order chi connectivity index (χ1) is 11.9. The van der Waals surface area contributed by atoms with Crippen LogP contribution in [0.25, 0.3) is 16.7 Å². The summed E-state index contributed by atoms with van der Waals surface area (Å²) in [4.78, 5) is 5.88. The van der Waals surface area contributed by atoms with Crippen LogP contribution >= 0.6 is 0 Å². The minimum Gasteiger partial charge on any atom is -0.351 e. The molecule has 11 heteroatoms. The molecule has 2 aromatic heterocycles. The highest BCUT2D eigenvalue weighted by molar-refractivity contribution is 5.84. The van der Waals surface area contributed by atoms with Crippen LogP contribution in [-0.2, 0) is 6.18 Å². The van der Waals surface area contributed by atoms with Gasteiger partial charge >= 0.3 is 6.18 Å². The molecule has 1 aliphatic rings. The van der Waals surface area contributed by atoms with Crippen molar-refractivity contribution in [2.24, 2.45) is 0 Å². The van der Waals surface area contributed by atoms with E-state index in [2.05, 4.69) is 20.5 Å². The van der Waals surface area contributed by atoms with E-state index in [1.807, 2.05) is 0 Å². The van der Waals surface area contributed by atoms with E-state index < -0.39 is 28.9 Å². The second-order valence-electron chi connectivity index (χ2n) is 5.61. The van der Waals surface area contributed by atoms with Crippen molar-refractivity contribution in [2.45, 2.75) is 6.18 Å². The Morgan fingerprint density at radius 3 is 2.48 bits per heavy atom. The quantitative estimate of drug-likeness (QED) is 0.675. The Bertz CT molecular complexity index is 960. The van der Waals surface area contributed by atoms with Crippen molar-refractivity contribution >= 4 is 22.5 Å². The monoisotopic (exact) mass is 358 g/mol. The van der Waals surface area contributed by atoms with Gasteiger partial charge in [-0.05, 0) is 6.07 Å². The van der Waals surface area contributed by atoms with Crippen LogP contribution in [0.4, 0.5) is 27.8 Å². The van der Waals surface area contributed by atoms with E-state index in [4.69, 9.17) is 0 Å². The molecule has 132 valence electrons. The first-order valence-electron chi connectivity index (χ1n) is 7.42. The number of rotatable bonds is 1. The van der Waals surface area contributed by atoms with Crippen molar-refractivity contribution in [3.05, 3.63) is 29.6 Å². The number of anilines is 1. The van der Waals surface area contributed by atoms with Gasteiger partial charge in [0.1, 0.15) is 11.8 Å². The maximum Gasteiger partial charge on any atom is 0.419 e. The predicted octanol–water partition coefficient (Wildman–Crippen LogP) is 1.98. The van der Waals surface area contributed by atoms with Gasteiger partial charge in [0.25, 0.3) is 0 Å². The fraction of sp³-hybridized carbons (Fsp3) is 0.357. The van der Waals surface area contributed by atoms with Gasteiger partial charge in [-0.1, -0.05) is 0 Å². The normalized spacial score (nSPS) is 16.1. The maximum absolute atomic E-state index is 14.3. The van der Waals surface area contributed by atoms with Gasteiger partial charge in [-0.15, -0.1) is 10.2 Å². The number of alkyl halides is 3. The molecule has 6 nitrogen and oxygen atoms in total. The summed E-state index contributed by atoms with van der Waals surface area (Å²) in [6, 6.07) is 0.526. The molecular weight excluding hydrogens is 347 g/mol. The highest BCUT2D eigenvalue weighted by Crippen LogP contribution is 2.36. The van der Waals surface area contributed by atoms with Crippen molar-refractivity contribution < 1.29 is 22.0 Å². The Labute approximate surface area is 137 Å². The summed E-state index contributed by atoms with van der Waals surface area (Å²) < 4.78 is 68.4. The second-order valence-corrected chi connectivity index (χ2v) is 5.61. The maximum atomic E-state index is 14.3. The van der Waals surface area contributed by atoms with Crippen molar-refractivity contribution in [3.63, 3.8) is 0 Å². The molecule has 0 bridgehead atoms. The van der Waals surface area contributed by atoms with Crippen LogP contribution < -0.4 is 10.2 Å². The van der Waals surface area contributed by atoms with Crippen molar-refractivity contribution in [3.8, 4) is 0 Å². The lowest BCUT2D eigenvalue weighted by Crippen LogP contribution is -2.44. The minimum atomic E-state index is -5.03. The molecule has 0 saturated carbocycles. The van der Waals surface area contributed by atoms with Crippen molar-refractivity contribution in [1.29, 1.82) is 0 Å². The van der Waals surface area contributed by atoms with Gasteiger partial charge in [-0.2, -0.15) is 13.2 Å². The van der Waals surface area contributed by atoms with Crippen LogP contribution in [0.2, 0.25) is 0 Å². The number of fused-ring (bicyclic) bond motifs is 3.